The van der Waals surface area contributed by atoms with Crippen LogP contribution in [0.1, 0.15) is 12.8 Å². The first-order chi connectivity index (χ1) is 16.3. The Balaban J connectivity index is 1.16. The largest absolute Gasteiger partial charge is 0.354 e. The second-order valence-electron chi connectivity index (χ2n) is 8.36. The molecule has 0 N–H and O–H groups in total. The number of benzene rings is 1. The van der Waals surface area contributed by atoms with Crippen molar-refractivity contribution in [2.75, 3.05) is 49.1 Å². The fourth-order valence-electron chi connectivity index (χ4n) is 4.50. The van der Waals surface area contributed by atoms with E-state index in [0.717, 1.165) is 73.7 Å². The van der Waals surface area contributed by atoms with Crippen LogP contribution in [0.25, 0.3) is 0 Å². The van der Waals surface area contributed by atoms with Gasteiger partial charge in [0.05, 0.1) is 0 Å². The van der Waals surface area contributed by atoms with Crippen LogP contribution in [0, 0.1) is 5.92 Å². The van der Waals surface area contributed by atoms with Crippen molar-refractivity contribution in [3.8, 4) is 0 Å². The molecule has 8 heteroatoms. The zero-order valence-electron chi connectivity index (χ0n) is 18.6. The van der Waals surface area contributed by atoms with Crippen molar-refractivity contribution >= 4 is 29.3 Å². The Labute approximate surface area is 198 Å². The third-order valence-corrected chi connectivity index (χ3v) is 7.30. The molecule has 2 aliphatic rings. The highest BCUT2D eigenvalue weighted by Gasteiger charge is 2.31. The van der Waals surface area contributed by atoms with E-state index in [-0.39, 0.29) is 5.92 Å². The molecule has 2 saturated heterocycles. The number of hydrogen-bond donors (Lipinski definition) is 0. The van der Waals surface area contributed by atoms with Crippen LogP contribution < -0.4 is 9.80 Å². The Bertz CT molecular complexity index is 1050. The van der Waals surface area contributed by atoms with Crippen molar-refractivity contribution in [1.29, 1.82) is 0 Å². The van der Waals surface area contributed by atoms with Gasteiger partial charge < -0.3 is 14.7 Å². The first-order valence-electron chi connectivity index (χ1n) is 11.5. The summed E-state index contributed by atoms with van der Waals surface area (Å²) in [5, 5.41) is 0.916. The molecule has 0 unspecified atom stereocenters. The van der Waals surface area contributed by atoms with E-state index >= 15 is 0 Å². The van der Waals surface area contributed by atoms with Gasteiger partial charge in [-0.2, -0.15) is 0 Å². The molecule has 33 heavy (non-hydrogen) atoms. The summed E-state index contributed by atoms with van der Waals surface area (Å²) in [5.74, 6) is 2.30. The molecule has 170 valence electrons. The topological polar surface area (TPSA) is 65.5 Å². The van der Waals surface area contributed by atoms with Crippen molar-refractivity contribution in [3.63, 3.8) is 0 Å². The standard InChI is InChI=1S/C25H28N6OS/c32-25(31-18-16-29(17-19-31)22-8-4-5-11-26-22)20-9-14-30(15-10-20)23-24(28-13-12-27-23)33-21-6-2-1-3-7-21/h1-8,11-13,20H,9-10,14-19H2. The fraction of sp³-hybridized carbons (Fsp3) is 0.360. The Morgan fingerprint density at radius 2 is 1.48 bits per heavy atom. The Hall–Kier alpha value is -3.13. The van der Waals surface area contributed by atoms with Gasteiger partial charge in [-0.1, -0.05) is 36.0 Å². The van der Waals surface area contributed by atoms with E-state index in [1.54, 1.807) is 24.2 Å². The zero-order chi connectivity index (χ0) is 22.5. The SMILES string of the molecule is O=C(C1CCN(c2nccnc2Sc2ccccc2)CC1)N1CCN(c2ccccn2)CC1. The predicted octanol–water partition coefficient (Wildman–Crippen LogP) is 3.59. The number of aromatic nitrogens is 3. The molecule has 2 fully saturated rings. The van der Waals surface area contributed by atoms with Gasteiger partial charge in [0, 0.05) is 68.7 Å². The number of anilines is 2. The minimum absolute atomic E-state index is 0.0875. The Morgan fingerprint density at radius 3 is 2.21 bits per heavy atom. The van der Waals surface area contributed by atoms with Crippen LogP contribution in [0.4, 0.5) is 11.6 Å². The highest BCUT2D eigenvalue weighted by molar-refractivity contribution is 7.99. The Kier molecular flexibility index (Phi) is 6.71. The maximum absolute atomic E-state index is 13.2. The lowest BCUT2D eigenvalue weighted by Gasteiger charge is -2.39. The lowest BCUT2D eigenvalue weighted by molar-refractivity contribution is -0.136. The number of hydrogen-bond acceptors (Lipinski definition) is 7. The lowest BCUT2D eigenvalue weighted by atomic mass is 9.95. The number of pyridine rings is 1. The van der Waals surface area contributed by atoms with Crippen molar-refractivity contribution in [1.82, 2.24) is 19.9 Å². The van der Waals surface area contributed by atoms with Crippen molar-refractivity contribution in [2.24, 2.45) is 5.92 Å². The molecular weight excluding hydrogens is 432 g/mol. The molecule has 0 spiro atoms. The van der Waals surface area contributed by atoms with Crippen molar-refractivity contribution in [2.45, 2.75) is 22.8 Å². The number of amides is 1. The number of piperidine rings is 1. The molecule has 0 saturated carbocycles. The van der Waals surface area contributed by atoms with E-state index in [1.807, 2.05) is 47.5 Å². The molecule has 7 nitrogen and oxygen atoms in total. The number of rotatable bonds is 5. The van der Waals surface area contributed by atoms with Gasteiger partial charge >= 0.3 is 0 Å². The van der Waals surface area contributed by atoms with Gasteiger partial charge in [0.15, 0.2) is 5.82 Å². The minimum Gasteiger partial charge on any atom is -0.354 e. The normalized spacial score (nSPS) is 17.3. The highest BCUT2D eigenvalue weighted by Crippen LogP contribution is 2.34. The van der Waals surface area contributed by atoms with E-state index in [9.17, 15) is 4.79 Å². The third-order valence-electron chi connectivity index (χ3n) is 6.31. The van der Waals surface area contributed by atoms with Crippen LogP contribution in [0.5, 0.6) is 0 Å². The second kappa shape index (κ2) is 10.2. The van der Waals surface area contributed by atoms with Gasteiger partial charge in [0.25, 0.3) is 0 Å². The monoisotopic (exact) mass is 460 g/mol. The number of nitrogens with zero attached hydrogens (tertiary/aromatic N) is 6. The maximum atomic E-state index is 13.2. The van der Waals surface area contributed by atoms with Crippen molar-refractivity contribution in [3.05, 3.63) is 67.1 Å². The van der Waals surface area contributed by atoms with Gasteiger partial charge in [-0.25, -0.2) is 15.0 Å². The third kappa shape index (κ3) is 5.11. The summed E-state index contributed by atoms with van der Waals surface area (Å²) in [6.45, 7) is 4.84. The molecule has 3 aromatic rings. The molecule has 0 atom stereocenters. The summed E-state index contributed by atoms with van der Waals surface area (Å²) in [7, 11) is 0. The van der Waals surface area contributed by atoms with E-state index in [0.29, 0.717) is 5.91 Å². The first-order valence-corrected chi connectivity index (χ1v) is 12.3. The molecule has 1 amide bonds. The average Bonchev–Trinajstić information content (AvgIpc) is 2.90. The van der Waals surface area contributed by atoms with E-state index in [4.69, 9.17) is 0 Å². The lowest BCUT2D eigenvalue weighted by Crippen LogP contribution is -2.52. The summed E-state index contributed by atoms with van der Waals surface area (Å²) in [6, 6.07) is 16.2. The molecule has 2 aromatic heterocycles. The maximum Gasteiger partial charge on any atom is 0.225 e. The average molecular weight is 461 g/mol. The quantitative estimate of drug-likeness (QED) is 0.576. The van der Waals surface area contributed by atoms with E-state index < -0.39 is 0 Å². The molecule has 4 heterocycles. The van der Waals surface area contributed by atoms with Crippen LogP contribution in [0.15, 0.2) is 77.0 Å². The molecule has 5 rings (SSSR count). The van der Waals surface area contributed by atoms with Crippen LogP contribution in [0.3, 0.4) is 0 Å². The Morgan fingerprint density at radius 1 is 0.758 bits per heavy atom. The summed E-state index contributed by atoms with van der Waals surface area (Å²) in [5.41, 5.74) is 0. The van der Waals surface area contributed by atoms with E-state index in [2.05, 4.69) is 36.9 Å². The summed E-state index contributed by atoms with van der Waals surface area (Å²) in [4.78, 5) is 34.6. The van der Waals surface area contributed by atoms with Crippen LogP contribution in [0.2, 0.25) is 0 Å². The van der Waals surface area contributed by atoms with Gasteiger partial charge in [0.2, 0.25) is 5.91 Å². The van der Waals surface area contributed by atoms with Crippen LogP contribution >= 0.6 is 11.8 Å². The molecular formula is C25H28N6OS. The number of carbonyl (C=O) groups is 1. The molecule has 0 radical (unpaired) electrons. The summed E-state index contributed by atoms with van der Waals surface area (Å²) >= 11 is 1.64. The fourth-order valence-corrected chi connectivity index (χ4v) is 5.40. The number of carbonyl (C=O) groups excluding carboxylic acids is 1. The summed E-state index contributed by atoms with van der Waals surface area (Å²) in [6.07, 6.45) is 7.02. The molecule has 0 bridgehead atoms. The number of piperazine rings is 1. The van der Waals surface area contributed by atoms with Gasteiger partial charge in [-0.05, 0) is 37.1 Å². The van der Waals surface area contributed by atoms with Gasteiger partial charge in [0.1, 0.15) is 10.8 Å². The molecule has 0 aliphatic carbocycles. The summed E-state index contributed by atoms with van der Waals surface area (Å²) < 4.78 is 0. The smallest absolute Gasteiger partial charge is 0.225 e. The zero-order valence-corrected chi connectivity index (χ0v) is 19.4. The molecule has 2 aliphatic heterocycles. The second-order valence-corrected chi connectivity index (χ2v) is 9.42. The minimum atomic E-state index is 0.0875. The molecule has 1 aromatic carbocycles. The predicted molar refractivity (Wildman–Crippen MR) is 131 cm³/mol. The van der Waals surface area contributed by atoms with Crippen molar-refractivity contribution < 1.29 is 4.79 Å². The first kappa shape index (κ1) is 21.7. The van der Waals surface area contributed by atoms with Crippen LogP contribution in [-0.2, 0) is 4.79 Å². The van der Waals surface area contributed by atoms with Gasteiger partial charge in [-0.3, -0.25) is 4.79 Å². The highest BCUT2D eigenvalue weighted by atomic mass is 32.2. The van der Waals surface area contributed by atoms with Gasteiger partial charge in [-0.15, -0.1) is 0 Å². The van der Waals surface area contributed by atoms with Crippen LogP contribution in [-0.4, -0.2) is 65.0 Å². The van der Waals surface area contributed by atoms with E-state index in [1.165, 1.54) is 0 Å².